The van der Waals surface area contributed by atoms with Crippen LogP contribution < -0.4 is 9.64 Å². The van der Waals surface area contributed by atoms with Gasteiger partial charge in [0.15, 0.2) is 11.4 Å². The zero-order chi connectivity index (χ0) is 18.6. The number of methoxy groups -OCH3 is 1. The summed E-state index contributed by atoms with van der Waals surface area (Å²) in [5.74, 6) is 0.385. The number of anilines is 1. The van der Waals surface area contributed by atoms with Crippen molar-refractivity contribution >= 4 is 11.6 Å². The molecule has 27 heavy (non-hydrogen) atoms. The molecule has 1 saturated heterocycles. The van der Waals surface area contributed by atoms with E-state index in [1.54, 1.807) is 30.4 Å². The molecule has 0 aliphatic carbocycles. The molecule has 0 bridgehead atoms. The van der Waals surface area contributed by atoms with Gasteiger partial charge in [-0.15, -0.1) is 0 Å². The lowest BCUT2D eigenvalue weighted by Gasteiger charge is -2.35. The van der Waals surface area contributed by atoms with Crippen molar-refractivity contribution < 1.29 is 9.53 Å². The molecule has 1 aliphatic heterocycles. The van der Waals surface area contributed by atoms with Gasteiger partial charge >= 0.3 is 0 Å². The van der Waals surface area contributed by atoms with Crippen LogP contribution in [0, 0.1) is 0 Å². The topological polar surface area (TPSA) is 63.5 Å². The first kappa shape index (κ1) is 17.1. The largest absolute Gasteiger partial charge is 0.493 e. The number of carbonyl (C=O) groups is 1. The van der Waals surface area contributed by atoms with Crippen LogP contribution in [0.4, 0.5) is 5.69 Å². The third-order valence-electron chi connectivity index (χ3n) is 4.72. The lowest BCUT2D eigenvalue weighted by Crippen LogP contribution is -2.49. The molecule has 0 N–H and O–H groups in total. The molecule has 7 heteroatoms. The van der Waals surface area contributed by atoms with E-state index in [2.05, 4.69) is 15.0 Å². The molecule has 138 valence electrons. The zero-order valence-corrected chi connectivity index (χ0v) is 15.2. The van der Waals surface area contributed by atoms with Crippen molar-refractivity contribution in [3.63, 3.8) is 0 Å². The highest BCUT2D eigenvalue weighted by atomic mass is 16.5. The second-order valence-electron chi connectivity index (χ2n) is 6.31. The summed E-state index contributed by atoms with van der Waals surface area (Å²) in [6.07, 6.45) is 5.32. The Morgan fingerprint density at radius 1 is 0.963 bits per heavy atom. The minimum absolute atomic E-state index is 0.101. The number of hydrogen-bond donors (Lipinski definition) is 0. The van der Waals surface area contributed by atoms with Gasteiger partial charge in [-0.3, -0.25) is 9.78 Å². The summed E-state index contributed by atoms with van der Waals surface area (Å²) >= 11 is 0. The second-order valence-corrected chi connectivity index (χ2v) is 6.31. The molecule has 0 atom stereocenters. The fourth-order valence-electron chi connectivity index (χ4n) is 3.24. The summed E-state index contributed by atoms with van der Waals surface area (Å²) in [5.41, 5.74) is 2.36. The highest BCUT2D eigenvalue weighted by molar-refractivity contribution is 5.95. The molecule has 4 rings (SSSR count). The molecular weight excluding hydrogens is 342 g/mol. The summed E-state index contributed by atoms with van der Waals surface area (Å²) in [4.78, 5) is 21.1. The average molecular weight is 363 g/mol. The summed E-state index contributed by atoms with van der Waals surface area (Å²) in [5, 5.41) is 4.48. The van der Waals surface area contributed by atoms with E-state index in [1.165, 1.54) is 0 Å². The lowest BCUT2D eigenvalue weighted by molar-refractivity contribution is 0.0737. The first-order valence-electron chi connectivity index (χ1n) is 8.89. The average Bonchev–Trinajstić information content (AvgIpc) is 3.19. The Labute approximate surface area is 157 Å². The van der Waals surface area contributed by atoms with Crippen LogP contribution in [0.25, 0.3) is 5.69 Å². The van der Waals surface area contributed by atoms with E-state index in [-0.39, 0.29) is 5.91 Å². The van der Waals surface area contributed by atoms with E-state index in [0.29, 0.717) is 24.5 Å². The molecule has 3 aromatic rings. The van der Waals surface area contributed by atoms with Crippen LogP contribution in [-0.4, -0.2) is 58.9 Å². The lowest BCUT2D eigenvalue weighted by atomic mass is 10.2. The van der Waals surface area contributed by atoms with Crippen LogP contribution in [0.15, 0.2) is 61.1 Å². The van der Waals surface area contributed by atoms with E-state index in [0.717, 1.165) is 24.5 Å². The van der Waals surface area contributed by atoms with Crippen molar-refractivity contribution in [1.82, 2.24) is 19.7 Å². The molecule has 2 aromatic heterocycles. The molecule has 0 unspecified atom stereocenters. The van der Waals surface area contributed by atoms with Gasteiger partial charge in [0, 0.05) is 44.3 Å². The van der Waals surface area contributed by atoms with Gasteiger partial charge < -0.3 is 14.5 Å². The first-order valence-corrected chi connectivity index (χ1v) is 8.89. The summed E-state index contributed by atoms with van der Waals surface area (Å²) < 4.78 is 7.08. The van der Waals surface area contributed by atoms with Gasteiger partial charge in [-0.25, -0.2) is 4.68 Å². The van der Waals surface area contributed by atoms with Gasteiger partial charge in [-0.05, 0) is 24.3 Å². The van der Waals surface area contributed by atoms with Crippen LogP contribution in [0.2, 0.25) is 0 Å². The molecular formula is C20H21N5O2. The van der Waals surface area contributed by atoms with Gasteiger partial charge in [-0.2, -0.15) is 5.10 Å². The predicted molar refractivity (Wildman–Crippen MR) is 102 cm³/mol. The van der Waals surface area contributed by atoms with Crippen molar-refractivity contribution in [2.24, 2.45) is 0 Å². The van der Waals surface area contributed by atoms with Gasteiger partial charge in [0.05, 0.1) is 19.0 Å². The highest BCUT2D eigenvalue weighted by Crippen LogP contribution is 2.22. The number of para-hydroxylation sites is 1. The van der Waals surface area contributed by atoms with Crippen molar-refractivity contribution in [2.45, 2.75) is 0 Å². The molecule has 0 radical (unpaired) electrons. The standard InChI is InChI=1S/C20H21N5O2/c1-27-18-15-25(17-5-3-2-4-6-17)22-19(18)20(26)24-13-11-23(12-14-24)16-7-9-21-10-8-16/h2-10,15H,11-14H2,1H3. The van der Waals surface area contributed by atoms with Crippen LogP contribution in [0.3, 0.4) is 0 Å². The SMILES string of the molecule is COc1cn(-c2ccccc2)nc1C(=O)N1CCN(c2ccncc2)CC1. The minimum Gasteiger partial charge on any atom is -0.493 e. The van der Waals surface area contributed by atoms with E-state index in [1.807, 2.05) is 47.4 Å². The Hall–Kier alpha value is -3.35. The van der Waals surface area contributed by atoms with E-state index in [4.69, 9.17) is 4.74 Å². The van der Waals surface area contributed by atoms with Crippen LogP contribution in [-0.2, 0) is 0 Å². The fraction of sp³-hybridized carbons (Fsp3) is 0.250. The summed E-state index contributed by atoms with van der Waals surface area (Å²) in [7, 11) is 1.56. The highest BCUT2D eigenvalue weighted by Gasteiger charge is 2.27. The number of rotatable bonds is 4. The van der Waals surface area contributed by atoms with Gasteiger partial charge in [0.25, 0.3) is 5.91 Å². The molecule has 0 spiro atoms. The minimum atomic E-state index is -0.101. The van der Waals surface area contributed by atoms with Crippen molar-refractivity contribution in [3.05, 3.63) is 66.7 Å². The third kappa shape index (κ3) is 3.48. The Morgan fingerprint density at radius 2 is 1.67 bits per heavy atom. The van der Waals surface area contributed by atoms with Gasteiger partial charge in [0.2, 0.25) is 0 Å². The number of ether oxygens (including phenoxy) is 1. The third-order valence-corrected chi connectivity index (χ3v) is 4.72. The maximum Gasteiger partial charge on any atom is 0.278 e. The first-order chi connectivity index (χ1) is 13.3. The molecule has 7 nitrogen and oxygen atoms in total. The second kappa shape index (κ2) is 7.49. The summed E-state index contributed by atoms with van der Waals surface area (Å²) in [6.45, 7) is 2.83. The van der Waals surface area contributed by atoms with Crippen LogP contribution >= 0.6 is 0 Å². The number of aromatic nitrogens is 3. The normalized spacial score (nSPS) is 14.3. The maximum absolute atomic E-state index is 13.0. The van der Waals surface area contributed by atoms with Crippen molar-refractivity contribution in [1.29, 1.82) is 0 Å². The Balaban J connectivity index is 1.49. The van der Waals surface area contributed by atoms with Gasteiger partial charge in [-0.1, -0.05) is 18.2 Å². The number of carbonyl (C=O) groups excluding carboxylic acids is 1. The number of pyridine rings is 1. The Kier molecular flexibility index (Phi) is 4.74. The van der Waals surface area contributed by atoms with Gasteiger partial charge in [0.1, 0.15) is 0 Å². The number of hydrogen-bond acceptors (Lipinski definition) is 5. The maximum atomic E-state index is 13.0. The van der Waals surface area contributed by atoms with E-state index >= 15 is 0 Å². The zero-order valence-electron chi connectivity index (χ0n) is 15.2. The van der Waals surface area contributed by atoms with Crippen LogP contribution in [0.1, 0.15) is 10.5 Å². The predicted octanol–water partition coefficient (Wildman–Crippen LogP) is 2.24. The number of amides is 1. The summed E-state index contributed by atoms with van der Waals surface area (Å²) in [6, 6.07) is 13.7. The molecule has 1 amide bonds. The smallest absolute Gasteiger partial charge is 0.278 e. The Morgan fingerprint density at radius 3 is 2.33 bits per heavy atom. The molecule has 3 heterocycles. The van der Waals surface area contributed by atoms with Crippen LogP contribution in [0.5, 0.6) is 5.75 Å². The number of nitrogens with zero attached hydrogens (tertiary/aromatic N) is 5. The molecule has 1 fully saturated rings. The quantitative estimate of drug-likeness (QED) is 0.711. The monoisotopic (exact) mass is 363 g/mol. The molecule has 1 aromatic carbocycles. The Bertz CT molecular complexity index is 903. The van der Waals surface area contributed by atoms with E-state index in [9.17, 15) is 4.79 Å². The molecule has 1 aliphatic rings. The van der Waals surface area contributed by atoms with Crippen molar-refractivity contribution in [2.75, 3.05) is 38.2 Å². The number of benzene rings is 1. The van der Waals surface area contributed by atoms with Crippen molar-refractivity contribution in [3.8, 4) is 11.4 Å². The number of piperazine rings is 1. The van der Waals surface area contributed by atoms with E-state index < -0.39 is 0 Å². The molecule has 0 saturated carbocycles. The fourth-order valence-corrected chi connectivity index (χ4v) is 3.24.